The second kappa shape index (κ2) is 7.60. The molecule has 1 aliphatic heterocycles. The van der Waals surface area contributed by atoms with Crippen molar-refractivity contribution >= 4 is 5.69 Å². The van der Waals surface area contributed by atoms with Crippen molar-refractivity contribution < 1.29 is 9.13 Å². The standard InChI is InChI=1S/C16H25FN2O/c1-3-6-18-11-13-8-14(17)10-15(9-13)19(2)12-16-5-4-7-20-16/h8-10,16,18H,3-7,11-12H2,1-2H3. The maximum atomic E-state index is 13.7. The lowest BCUT2D eigenvalue weighted by molar-refractivity contribution is 0.116. The van der Waals surface area contributed by atoms with Crippen LogP contribution in [0.15, 0.2) is 18.2 Å². The highest BCUT2D eigenvalue weighted by Crippen LogP contribution is 2.20. The average Bonchev–Trinajstić information content (AvgIpc) is 2.91. The largest absolute Gasteiger partial charge is 0.376 e. The molecule has 0 bridgehead atoms. The molecule has 1 aromatic rings. The topological polar surface area (TPSA) is 24.5 Å². The zero-order chi connectivity index (χ0) is 14.4. The number of benzene rings is 1. The van der Waals surface area contributed by atoms with Crippen LogP contribution in [0.5, 0.6) is 0 Å². The monoisotopic (exact) mass is 280 g/mol. The molecular weight excluding hydrogens is 255 g/mol. The summed E-state index contributed by atoms with van der Waals surface area (Å²) in [5.74, 6) is -0.171. The van der Waals surface area contributed by atoms with Crippen molar-refractivity contribution in [1.82, 2.24) is 5.32 Å². The van der Waals surface area contributed by atoms with Crippen molar-refractivity contribution in [3.8, 4) is 0 Å². The molecule has 1 aliphatic rings. The van der Waals surface area contributed by atoms with Crippen LogP contribution in [0.25, 0.3) is 0 Å². The summed E-state index contributed by atoms with van der Waals surface area (Å²) < 4.78 is 19.4. The third-order valence-corrected chi connectivity index (χ3v) is 3.64. The molecule has 1 N–H and O–H groups in total. The lowest BCUT2D eigenvalue weighted by Crippen LogP contribution is -2.28. The molecule has 0 aromatic heterocycles. The number of anilines is 1. The number of nitrogens with one attached hydrogen (secondary N) is 1. The Labute approximate surface area is 121 Å². The summed E-state index contributed by atoms with van der Waals surface area (Å²) >= 11 is 0. The molecule has 0 saturated carbocycles. The van der Waals surface area contributed by atoms with Gasteiger partial charge >= 0.3 is 0 Å². The minimum absolute atomic E-state index is 0.171. The van der Waals surface area contributed by atoms with Crippen LogP contribution in [0, 0.1) is 5.82 Å². The first-order valence-corrected chi connectivity index (χ1v) is 7.52. The Morgan fingerprint density at radius 1 is 1.40 bits per heavy atom. The number of hydrogen-bond donors (Lipinski definition) is 1. The van der Waals surface area contributed by atoms with Crippen molar-refractivity contribution in [1.29, 1.82) is 0 Å². The molecule has 0 amide bonds. The van der Waals surface area contributed by atoms with Gasteiger partial charge in [0.25, 0.3) is 0 Å². The number of nitrogens with zero attached hydrogens (tertiary/aromatic N) is 1. The summed E-state index contributed by atoms with van der Waals surface area (Å²) in [6.07, 6.45) is 3.60. The van der Waals surface area contributed by atoms with E-state index < -0.39 is 0 Å². The number of likely N-dealkylation sites (N-methyl/N-ethyl adjacent to an activating group) is 1. The zero-order valence-electron chi connectivity index (χ0n) is 12.5. The maximum Gasteiger partial charge on any atom is 0.125 e. The van der Waals surface area contributed by atoms with E-state index in [0.29, 0.717) is 6.54 Å². The highest BCUT2D eigenvalue weighted by molar-refractivity contribution is 5.48. The average molecular weight is 280 g/mol. The molecule has 1 heterocycles. The Kier molecular flexibility index (Phi) is 5.80. The molecule has 1 saturated heterocycles. The normalized spacial score (nSPS) is 18.4. The van der Waals surface area contributed by atoms with E-state index in [9.17, 15) is 4.39 Å². The van der Waals surface area contributed by atoms with Crippen LogP contribution in [0.1, 0.15) is 31.7 Å². The SMILES string of the molecule is CCCNCc1cc(F)cc(N(C)CC2CCCO2)c1. The van der Waals surface area contributed by atoms with E-state index in [2.05, 4.69) is 23.2 Å². The van der Waals surface area contributed by atoms with Gasteiger partial charge in [-0.25, -0.2) is 4.39 Å². The number of ether oxygens (including phenoxy) is 1. The van der Waals surface area contributed by atoms with Crippen LogP contribution >= 0.6 is 0 Å². The van der Waals surface area contributed by atoms with Gasteiger partial charge < -0.3 is 15.0 Å². The molecule has 1 unspecified atom stereocenters. The molecule has 1 fully saturated rings. The lowest BCUT2D eigenvalue weighted by Gasteiger charge is -2.23. The third-order valence-electron chi connectivity index (χ3n) is 3.64. The number of rotatable bonds is 7. The van der Waals surface area contributed by atoms with Gasteiger partial charge in [-0.2, -0.15) is 0 Å². The first kappa shape index (κ1) is 15.3. The summed E-state index contributed by atoms with van der Waals surface area (Å²) in [6.45, 7) is 5.47. The second-order valence-electron chi connectivity index (χ2n) is 5.51. The van der Waals surface area contributed by atoms with Crippen molar-refractivity contribution in [3.63, 3.8) is 0 Å². The van der Waals surface area contributed by atoms with Gasteiger partial charge in [0.05, 0.1) is 6.10 Å². The summed E-state index contributed by atoms with van der Waals surface area (Å²) in [4.78, 5) is 2.09. The quantitative estimate of drug-likeness (QED) is 0.777. The van der Waals surface area contributed by atoms with Crippen LogP contribution < -0.4 is 10.2 Å². The molecule has 0 spiro atoms. The van der Waals surface area contributed by atoms with Crippen LogP contribution in [0.4, 0.5) is 10.1 Å². The Morgan fingerprint density at radius 2 is 2.25 bits per heavy atom. The summed E-state index contributed by atoms with van der Waals surface area (Å²) in [5.41, 5.74) is 1.92. The minimum Gasteiger partial charge on any atom is -0.376 e. The second-order valence-corrected chi connectivity index (χ2v) is 5.51. The predicted octanol–water partition coefficient (Wildman–Crippen LogP) is 2.94. The van der Waals surface area contributed by atoms with E-state index in [0.717, 1.165) is 50.2 Å². The van der Waals surface area contributed by atoms with Crippen molar-refractivity contribution in [2.24, 2.45) is 0 Å². The molecule has 3 nitrogen and oxygen atoms in total. The molecule has 20 heavy (non-hydrogen) atoms. The first-order valence-electron chi connectivity index (χ1n) is 7.52. The van der Waals surface area contributed by atoms with Gasteiger partial charge in [0, 0.05) is 32.4 Å². The summed E-state index contributed by atoms with van der Waals surface area (Å²) in [5, 5.41) is 3.31. The summed E-state index contributed by atoms with van der Waals surface area (Å²) in [6, 6.07) is 5.25. The smallest absolute Gasteiger partial charge is 0.125 e. The van der Waals surface area contributed by atoms with Gasteiger partial charge in [0.2, 0.25) is 0 Å². The lowest BCUT2D eigenvalue weighted by atomic mass is 10.1. The molecule has 1 aromatic carbocycles. The number of hydrogen-bond acceptors (Lipinski definition) is 3. The van der Waals surface area contributed by atoms with Crippen molar-refractivity contribution in [2.75, 3.05) is 31.6 Å². The predicted molar refractivity (Wildman–Crippen MR) is 80.6 cm³/mol. The molecule has 112 valence electrons. The first-order chi connectivity index (χ1) is 9.69. The van der Waals surface area contributed by atoms with Gasteiger partial charge in [0.15, 0.2) is 0 Å². The van der Waals surface area contributed by atoms with Gasteiger partial charge in [-0.3, -0.25) is 0 Å². The molecule has 4 heteroatoms. The van der Waals surface area contributed by atoms with Crippen molar-refractivity contribution in [2.45, 2.75) is 38.8 Å². The fraction of sp³-hybridized carbons (Fsp3) is 0.625. The van der Waals surface area contributed by atoms with E-state index >= 15 is 0 Å². The third kappa shape index (κ3) is 4.46. The minimum atomic E-state index is -0.171. The fourth-order valence-electron chi connectivity index (χ4n) is 2.56. The molecule has 2 rings (SSSR count). The molecule has 0 radical (unpaired) electrons. The van der Waals surface area contributed by atoms with E-state index in [-0.39, 0.29) is 11.9 Å². The van der Waals surface area contributed by atoms with Gasteiger partial charge in [-0.15, -0.1) is 0 Å². The van der Waals surface area contributed by atoms with E-state index in [1.807, 2.05) is 7.05 Å². The van der Waals surface area contributed by atoms with Crippen LogP contribution in [0.3, 0.4) is 0 Å². The van der Waals surface area contributed by atoms with E-state index in [4.69, 9.17) is 4.74 Å². The number of halogens is 1. The Morgan fingerprint density at radius 3 is 2.95 bits per heavy atom. The molecule has 0 aliphatic carbocycles. The molecule has 1 atom stereocenters. The van der Waals surface area contributed by atoms with Gasteiger partial charge in [-0.05, 0) is 49.6 Å². The van der Waals surface area contributed by atoms with Crippen LogP contribution in [0.2, 0.25) is 0 Å². The van der Waals surface area contributed by atoms with Crippen LogP contribution in [-0.4, -0.2) is 32.8 Å². The van der Waals surface area contributed by atoms with Crippen LogP contribution in [-0.2, 0) is 11.3 Å². The summed E-state index contributed by atoms with van der Waals surface area (Å²) in [7, 11) is 2.00. The van der Waals surface area contributed by atoms with E-state index in [1.54, 1.807) is 12.1 Å². The van der Waals surface area contributed by atoms with E-state index in [1.165, 1.54) is 0 Å². The molecular formula is C16H25FN2O. The Balaban J connectivity index is 1.98. The Hall–Kier alpha value is -1.13. The maximum absolute atomic E-state index is 13.7. The highest BCUT2D eigenvalue weighted by Gasteiger charge is 2.18. The highest BCUT2D eigenvalue weighted by atomic mass is 19.1. The zero-order valence-corrected chi connectivity index (χ0v) is 12.5. The van der Waals surface area contributed by atoms with Gasteiger partial charge in [0.1, 0.15) is 5.82 Å². The van der Waals surface area contributed by atoms with Gasteiger partial charge in [-0.1, -0.05) is 6.92 Å². The Bertz CT molecular complexity index is 419. The fourth-order valence-corrected chi connectivity index (χ4v) is 2.56. The van der Waals surface area contributed by atoms with Crippen molar-refractivity contribution in [3.05, 3.63) is 29.6 Å².